The molecule has 0 saturated heterocycles. The second-order valence-corrected chi connectivity index (χ2v) is 4.70. The van der Waals surface area contributed by atoms with Crippen LogP contribution in [0.25, 0.3) is 11.0 Å². The molecule has 0 spiro atoms. The van der Waals surface area contributed by atoms with Gasteiger partial charge in [0, 0.05) is 24.7 Å². The molecule has 0 aliphatic rings. The largest absolute Gasteiger partial charge is 0.328 e. The first-order chi connectivity index (χ1) is 10.0. The lowest BCUT2D eigenvalue weighted by Gasteiger charge is -2.05. The molecule has 0 unspecified atom stereocenters. The third-order valence-electron chi connectivity index (χ3n) is 3.17. The van der Waals surface area contributed by atoms with E-state index >= 15 is 0 Å². The van der Waals surface area contributed by atoms with E-state index in [2.05, 4.69) is 20.4 Å². The average Bonchev–Trinajstić information content (AvgIpc) is 2.74. The SMILES string of the molecule is Cc1nn(C)c2ncc(NC(=O)c3ccc(=O)[nH]c3)cc12. The maximum Gasteiger partial charge on any atom is 0.257 e. The fourth-order valence-electron chi connectivity index (χ4n) is 2.13. The summed E-state index contributed by atoms with van der Waals surface area (Å²) in [4.78, 5) is 29.8. The molecule has 1 amide bonds. The molecule has 106 valence electrons. The highest BCUT2D eigenvalue weighted by Crippen LogP contribution is 2.19. The Morgan fingerprint density at radius 2 is 2.19 bits per heavy atom. The number of aromatic amines is 1. The molecular formula is C14H13N5O2. The van der Waals surface area contributed by atoms with Crippen molar-refractivity contribution in [3.05, 3.63) is 52.2 Å². The van der Waals surface area contributed by atoms with Crippen LogP contribution in [0.4, 0.5) is 5.69 Å². The first kappa shape index (κ1) is 13.0. The number of hydrogen-bond acceptors (Lipinski definition) is 4. The Kier molecular flexibility index (Phi) is 3.02. The van der Waals surface area contributed by atoms with Gasteiger partial charge in [-0.1, -0.05) is 0 Å². The molecule has 3 aromatic heterocycles. The molecule has 0 aromatic carbocycles. The Bertz CT molecular complexity index is 874. The van der Waals surface area contributed by atoms with E-state index in [1.165, 1.54) is 18.3 Å². The monoisotopic (exact) mass is 283 g/mol. The summed E-state index contributed by atoms with van der Waals surface area (Å²) < 4.78 is 1.69. The van der Waals surface area contributed by atoms with E-state index in [0.717, 1.165) is 16.7 Å². The van der Waals surface area contributed by atoms with Crippen molar-refractivity contribution in [1.29, 1.82) is 0 Å². The van der Waals surface area contributed by atoms with Gasteiger partial charge in [-0.3, -0.25) is 14.3 Å². The minimum absolute atomic E-state index is 0.249. The number of H-pyrrole nitrogens is 1. The summed E-state index contributed by atoms with van der Waals surface area (Å²) >= 11 is 0. The van der Waals surface area contributed by atoms with E-state index < -0.39 is 0 Å². The quantitative estimate of drug-likeness (QED) is 0.739. The van der Waals surface area contributed by atoms with Crippen molar-refractivity contribution in [1.82, 2.24) is 19.7 Å². The number of nitrogens with one attached hydrogen (secondary N) is 2. The first-order valence-electron chi connectivity index (χ1n) is 6.34. The molecule has 0 bridgehead atoms. The van der Waals surface area contributed by atoms with Crippen molar-refractivity contribution in [2.24, 2.45) is 7.05 Å². The van der Waals surface area contributed by atoms with Crippen LogP contribution in [0.1, 0.15) is 16.1 Å². The van der Waals surface area contributed by atoms with E-state index in [1.807, 2.05) is 20.0 Å². The summed E-state index contributed by atoms with van der Waals surface area (Å²) in [6, 6.07) is 4.60. The predicted molar refractivity (Wildman–Crippen MR) is 78.3 cm³/mol. The molecule has 0 aliphatic carbocycles. The first-order valence-corrected chi connectivity index (χ1v) is 6.34. The van der Waals surface area contributed by atoms with E-state index in [0.29, 0.717) is 11.3 Å². The summed E-state index contributed by atoms with van der Waals surface area (Å²) in [5, 5.41) is 7.91. The maximum absolute atomic E-state index is 12.1. The third kappa shape index (κ3) is 2.40. The topological polar surface area (TPSA) is 92.7 Å². The number of hydrogen-bond donors (Lipinski definition) is 2. The molecular weight excluding hydrogens is 270 g/mol. The standard InChI is InChI=1S/C14H13N5O2/c1-8-11-5-10(7-16-13(11)19(2)18-8)17-14(21)9-3-4-12(20)15-6-9/h3-7H,1-2H3,(H,15,20)(H,17,21). The zero-order valence-electron chi connectivity index (χ0n) is 11.5. The van der Waals surface area contributed by atoms with Gasteiger partial charge in [0.25, 0.3) is 5.91 Å². The van der Waals surface area contributed by atoms with Gasteiger partial charge in [0.05, 0.1) is 23.1 Å². The van der Waals surface area contributed by atoms with E-state index in [9.17, 15) is 9.59 Å². The number of aromatic nitrogens is 4. The number of rotatable bonds is 2. The van der Waals surface area contributed by atoms with Gasteiger partial charge in [0.15, 0.2) is 5.65 Å². The van der Waals surface area contributed by atoms with Crippen LogP contribution in [0.2, 0.25) is 0 Å². The highest BCUT2D eigenvalue weighted by Gasteiger charge is 2.10. The Labute approximate surface area is 119 Å². The number of amides is 1. The van der Waals surface area contributed by atoms with Crippen LogP contribution < -0.4 is 10.9 Å². The second kappa shape index (κ2) is 4.86. The Balaban J connectivity index is 1.91. The van der Waals surface area contributed by atoms with Gasteiger partial charge >= 0.3 is 0 Å². The van der Waals surface area contributed by atoms with Crippen molar-refractivity contribution < 1.29 is 4.79 Å². The van der Waals surface area contributed by atoms with Crippen molar-refractivity contribution in [2.45, 2.75) is 6.92 Å². The fourth-order valence-corrected chi connectivity index (χ4v) is 2.13. The Morgan fingerprint density at radius 1 is 1.38 bits per heavy atom. The maximum atomic E-state index is 12.1. The molecule has 0 radical (unpaired) electrons. The summed E-state index contributed by atoms with van der Waals surface area (Å²) in [6.07, 6.45) is 2.95. The van der Waals surface area contributed by atoms with Crippen LogP contribution >= 0.6 is 0 Å². The highest BCUT2D eigenvalue weighted by atomic mass is 16.1. The molecule has 3 aromatic rings. The fraction of sp³-hybridized carbons (Fsp3) is 0.143. The number of pyridine rings is 2. The molecule has 7 heteroatoms. The van der Waals surface area contributed by atoms with Crippen LogP contribution in [0.15, 0.2) is 35.4 Å². The minimum Gasteiger partial charge on any atom is -0.328 e. The number of carbonyl (C=O) groups is 1. The molecule has 7 nitrogen and oxygen atoms in total. The van der Waals surface area contributed by atoms with Crippen molar-refractivity contribution in [3.63, 3.8) is 0 Å². The number of carbonyl (C=O) groups excluding carboxylic acids is 1. The van der Waals surface area contributed by atoms with Crippen LogP contribution in [0, 0.1) is 6.92 Å². The van der Waals surface area contributed by atoms with Gasteiger partial charge < -0.3 is 10.3 Å². The summed E-state index contributed by atoms with van der Waals surface area (Å²) in [6.45, 7) is 1.89. The van der Waals surface area contributed by atoms with Gasteiger partial charge in [0.2, 0.25) is 5.56 Å². The summed E-state index contributed by atoms with van der Waals surface area (Å²) in [7, 11) is 1.82. The van der Waals surface area contributed by atoms with E-state index in [4.69, 9.17) is 0 Å². The number of anilines is 1. The summed E-state index contributed by atoms with van der Waals surface area (Å²) in [5.41, 5.74) is 2.31. The Hall–Kier alpha value is -2.96. The van der Waals surface area contributed by atoms with Gasteiger partial charge in [-0.15, -0.1) is 0 Å². The number of nitrogens with zero attached hydrogens (tertiary/aromatic N) is 3. The van der Waals surface area contributed by atoms with Gasteiger partial charge in [-0.05, 0) is 19.1 Å². The lowest BCUT2D eigenvalue weighted by Crippen LogP contribution is -2.14. The predicted octanol–water partition coefficient (Wildman–Crippen LogP) is 1.22. The van der Waals surface area contributed by atoms with Crippen LogP contribution in [0.5, 0.6) is 0 Å². The average molecular weight is 283 g/mol. The molecule has 0 saturated carbocycles. The van der Waals surface area contributed by atoms with Crippen LogP contribution in [-0.4, -0.2) is 25.7 Å². The molecule has 21 heavy (non-hydrogen) atoms. The highest BCUT2D eigenvalue weighted by molar-refractivity contribution is 6.04. The van der Waals surface area contributed by atoms with Crippen molar-refractivity contribution in [3.8, 4) is 0 Å². The zero-order chi connectivity index (χ0) is 15.0. The lowest BCUT2D eigenvalue weighted by molar-refractivity contribution is 0.102. The molecule has 3 heterocycles. The van der Waals surface area contributed by atoms with E-state index in [-0.39, 0.29) is 11.5 Å². The lowest BCUT2D eigenvalue weighted by atomic mass is 10.2. The van der Waals surface area contributed by atoms with Crippen molar-refractivity contribution >= 4 is 22.6 Å². The molecule has 0 aliphatic heterocycles. The van der Waals surface area contributed by atoms with Crippen LogP contribution in [-0.2, 0) is 7.05 Å². The normalized spacial score (nSPS) is 10.8. The number of aryl methyl sites for hydroxylation is 2. The van der Waals surface area contributed by atoms with Gasteiger partial charge in [-0.2, -0.15) is 5.10 Å². The van der Waals surface area contributed by atoms with E-state index in [1.54, 1.807) is 10.9 Å². The summed E-state index contributed by atoms with van der Waals surface area (Å²) in [5.74, 6) is -0.311. The molecule has 0 fully saturated rings. The Morgan fingerprint density at radius 3 is 2.90 bits per heavy atom. The van der Waals surface area contributed by atoms with Crippen molar-refractivity contribution in [2.75, 3.05) is 5.32 Å². The van der Waals surface area contributed by atoms with Crippen LogP contribution in [0.3, 0.4) is 0 Å². The molecule has 0 atom stereocenters. The molecule has 2 N–H and O–H groups in total. The van der Waals surface area contributed by atoms with Gasteiger partial charge in [0.1, 0.15) is 0 Å². The second-order valence-electron chi connectivity index (χ2n) is 4.70. The molecule has 3 rings (SSSR count). The zero-order valence-corrected chi connectivity index (χ0v) is 11.5. The smallest absolute Gasteiger partial charge is 0.257 e. The van der Waals surface area contributed by atoms with Gasteiger partial charge in [-0.25, -0.2) is 4.98 Å². The minimum atomic E-state index is -0.311. The third-order valence-corrected chi connectivity index (χ3v) is 3.17. The number of fused-ring (bicyclic) bond motifs is 1.